The molecule has 0 bridgehead atoms. The maximum atomic E-state index is 5.87. The molecule has 0 spiro atoms. The van der Waals surface area contributed by atoms with E-state index in [0.717, 1.165) is 16.0 Å². The van der Waals surface area contributed by atoms with Crippen molar-refractivity contribution in [1.82, 2.24) is 0 Å². The fourth-order valence-electron chi connectivity index (χ4n) is 1.59. The molecule has 0 saturated carbocycles. The second-order valence-electron chi connectivity index (χ2n) is 3.43. The van der Waals surface area contributed by atoms with Gasteiger partial charge >= 0.3 is 0 Å². The largest absolute Gasteiger partial charge is 0.368 e. The predicted molar refractivity (Wildman–Crippen MR) is 60.6 cm³/mol. The van der Waals surface area contributed by atoms with Crippen LogP contribution in [-0.2, 0) is 0 Å². The van der Waals surface area contributed by atoms with Gasteiger partial charge in [-0.25, -0.2) is 0 Å². The zero-order chi connectivity index (χ0) is 9.42. The molecule has 1 aliphatic heterocycles. The molecule has 1 aromatic rings. The second-order valence-corrected chi connectivity index (χ2v) is 4.72. The molecule has 0 N–H and O–H groups in total. The summed E-state index contributed by atoms with van der Waals surface area (Å²) in [4.78, 5) is 2.38. The molecule has 0 amide bonds. The molecular formula is C10H11BrClN. The van der Waals surface area contributed by atoms with E-state index in [0.29, 0.717) is 6.04 Å². The van der Waals surface area contributed by atoms with E-state index in [4.69, 9.17) is 11.6 Å². The Hall–Kier alpha value is -0.210. The molecule has 2 rings (SSSR count). The Balaban J connectivity index is 2.30. The molecule has 0 aromatic heterocycles. The standard InChI is InChI=1S/C10H11BrClN/c1-7-4-5-13(7)10-3-2-8(12)6-9(10)11/h2-3,6-7H,4-5H2,1H3. The highest BCUT2D eigenvalue weighted by Crippen LogP contribution is 2.34. The molecular weight excluding hydrogens is 249 g/mol. The van der Waals surface area contributed by atoms with Crippen molar-refractivity contribution in [2.24, 2.45) is 0 Å². The fourth-order valence-corrected chi connectivity index (χ4v) is 2.50. The van der Waals surface area contributed by atoms with Crippen LogP contribution in [0.5, 0.6) is 0 Å². The van der Waals surface area contributed by atoms with E-state index in [1.165, 1.54) is 12.1 Å². The Bertz CT molecular complexity index is 327. The van der Waals surface area contributed by atoms with E-state index in [9.17, 15) is 0 Å². The summed E-state index contributed by atoms with van der Waals surface area (Å²) in [6.07, 6.45) is 1.29. The van der Waals surface area contributed by atoms with Crippen LogP contribution in [0.1, 0.15) is 13.3 Å². The average Bonchev–Trinajstić information content (AvgIpc) is 2.07. The van der Waals surface area contributed by atoms with Crippen molar-refractivity contribution in [1.29, 1.82) is 0 Å². The summed E-state index contributed by atoms with van der Waals surface area (Å²) in [7, 11) is 0. The average molecular weight is 261 g/mol. The first kappa shape index (κ1) is 9.35. The van der Waals surface area contributed by atoms with Crippen molar-refractivity contribution in [3.63, 3.8) is 0 Å². The fraction of sp³-hybridized carbons (Fsp3) is 0.400. The van der Waals surface area contributed by atoms with Crippen LogP contribution in [0.2, 0.25) is 5.02 Å². The zero-order valence-electron chi connectivity index (χ0n) is 7.43. The molecule has 3 heteroatoms. The zero-order valence-corrected chi connectivity index (χ0v) is 9.77. The summed E-state index contributed by atoms with van der Waals surface area (Å²) in [6, 6.07) is 6.62. The highest BCUT2D eigenvalue weighted by molar-refractivity contribution is 9.10. The first-order chi connectivity index (χ1) is 6.18. The first-order valence-corrected chi connectivity index (χ1v) is 5.57. The molecule has 1 unspecified atom stereocenters. The van der Waals surface area contributed by atoms with Crippen LogP contribution in [0, 0.1) is 0 Å². The van der Waals surface area contributed by atoms with Gasteiger partial charge in [0.2, 0.25) is 0 Å². The van der Waals surface area contributed by atoms with Crippen LogP contribution in [0.3, 0.4) is 0 Å². The quantitative estimate of drug-likeness (QED) is 0.744. The number of hydrogen-bond donors (Lipinski definition) is 0. The summed E-state index contributed by atoms with van der Waals surface area (Å²) < 4.78 is 1.09. The van der Waals surface area contributed by atoms with Gasteiger partial charge in [0.15, 0.2) is 0 Å². The van der Waals surface area contributed by atoms with E-state index in [-0.39, 0.29) is 0 Å². The van der Waals surface area contributed by atoms with Crippen LogP contribution >= 0.6 is 27.5 Å². The second kappa shape index (κ2) is 3.50. The van der Waals surface area contributed by atoms with Crippen molar-refractivity contribution in [2.45, 2.75) is 19.4 Å². The third kappa shape index (κ3) is 1.70. The number of anilines is 1. The Morgan fingerprint density at radius 3 is 2.77 bits per heavy atom. The van der Waals surface area contributed by atoms with Gasteiger partial charge in [0, 0.05) is 22.1 Å². The molecule has 1 aromatic carbocycles. The Morgan fingerprint density at radius 2 is 2.31 bits per heavy atom. The van der Waals surface area contributed by atoms with Crippen LogP contribution in [-0.4, -0.2) is 12.6 Å². The van der Waals surface area contributed by atoms with Crippen molar-refractivity contribution >= 4 is 33.2 Å². The molecule has 1 saturated heterocycles. The molecule has 0 aliphatic carbocycles. The van der Waals surface area contributed by atoms with Gasteiger partial charge < -0.3 is 4.90 Å². The van der Waals surface area contributed by atoms with Crippen molar-refractivity contribution < 1.29 is 0 Å². The lowest BCUT2D eigenvalue weighted by Crippen LogP contribution is -2.45. The van der Waals surface area contributed by atoms with E-state index < -0.39 is 0 Å². The highest BCUT2D eigenvalue weighted by Gasteiger charge is 2.24. The van der Waals surface area contributed by atoms with Crippen LogP contribution in [0.15, 0.2) is 22.7 Å². The molecule has 1 nitrogen and oxygen atoms in total. The Labute approximate surface area is 91.8 Å². The lowest BCUT2D eigenvalue weighted by molar-refractivity contribution is 0.480. The monoisotopic (exact) mass is 259 g/mol. The Kier molecular flexibility index (Phi) is 2.52. The smallest absolute Gasteiger partial charge is 0.0514 e. The molecule has 70 valence electrons. The molecule has 1 atom stereocenters. The number of hydrogen-bond acceptors (Lipinski definition) is 1. The summed E-state index contributed by atoms with van der Waals surface area (Å²) in [5, 5.41) is 0.781. The van der Waals surface area contributed by atoms with Crippen LogP contribution in [0.25, 0.3) is 0 Å². The van der Waals surface area contributed by atoms with Gasteiger partial charge in [-0.1, -0.05) is 11.6 Å². The van der Waals surface area contributed by atoms with Gasteiger partial charge in [0.05, 0.1) is 5.69 Å². The normalized spacial score (nSPS) is 21.5. The topological polar surface area (TPSA) is 3.24 Å². The maximum Gasteiger partial charge on any atom is 0.0514 e. The number of nitrogens with zero attached hydrogens (tertiary/aromatic N) is 1. The minimum atomic E-state index is 0.664. The molecule has 0 radical (unpaired) electrons. The summed E-state index contributed by atoms with van der Waals surface area (Å²) in [5.41, 5.74) is 1.25. The van der Waals surface area contributed by atoms with Gasteiger partial charge in [-0.05, 0) is 47.5 Å². The summed E-state index contributed by atoms with van der Waals surface area (Å²) in [6.45, 7) is 3.39. The van der Waals surface area contributed by atoms with Gasteiger partial charge in [-0.2, -0.15) is 0 Å². The molecule has 13 heavy (non-hydrogen) atoms. The number of halogens is 2. The molecule has 1 fully saturated rings. The first-order valence-electron chi connectivity index (χ1n) is 4.40. The number of benzene rings is 1. The van der Waals surface area contributed by atoms with Crippen LogP contribution in [0.4, 0.5) is 5.69 Å². The van der Waals surface area contributed by atoms with E-state index in [2.05, 4.69) is 33.8 Å². The highest BCUT2D eigenvalue weighted by atomic mass is 79.9. The van der Waals surface area contributed by atoms with Crippen molar-refractivity contribution in [3.05, 3.63) is 27.7 Å². The summed E-state index contributed by atoms with van der Waals surface area (Å²) >= 11 is 9.39. The third-order valence-corrected chi connectivity index (χ3v) is 3.41. The number of rotatable bonds is 1. The Morgan fingerprint density at radius 1 is 1.54 bits per heavy atom. The van der Waals surface area contributed by atoms with E-state index in [1.807, 2.05) is 12.1 Å². The minimum Gasteiger partial charge on any atom is -0.368 e. The third-order valence-electron chi connectivity index (χ3n) is 2.54. The summed E-state index contributed by atoms with van der Waals surface area (Å²) in [5.74, 6) is 0. The van der Waals surface area contributed by atoms with Crippen molar-refractivity contribution in [3.8, 4) is 0 Å². The maximum absolute atomic E-state index is 5.87. The van der Waals surface area contributed by atoms with Crippen LogP contribution < -0.4 is 4.90 Å². The van der Waals surface area contributed by atoms with Gasteiger partial charge in [0.25, 0.3) is 0 Å². The SMILES string of the molecule is CC1CCN1c1ccc(Cl)cc1Br. The van der Waals surface area contributed by atoms with E-state index >= 15 is 0 Å². The van der Waals surface area contributed by atoms with Gasteiger partial charge in [-0.3, -0.25) is 0 Å². The minimum absolute atomic E-state index is 0.664. The van der Waals surface area contributed by atoms with Crippen molar-refractivity contribution in [2.75, 3.05) is 11.4 Å². The predicted octanol–water partition coefficient (Wildman–Crippen LogP) is 3.70. The van der Waals surface area contributed by atoms with Gasteiger partial charge in [0.1, 0.15) is 0 Å². The molecule has 1 heterocycles. The lowest BCUT2D eigenvalue weighted by Gasteiger charge is -2.41. The van der Waals surface area contributed by atoms with Gasteiger partial charge in [-0.15, -0.1) is 0 Å². The lowest BCUT2D eigenvalue weighted by atomic mass is 10.0. The van der Waals surface area contributed by atoms with E-state index in [1.54, 1.807) is 0 Å². The molecule has 1 aliphatic rings.